The number of nitrogens with one attached hydrogen (secondary N) is 4. The first-order valence-electron chi connectivity index (χ1n) is 11.9. The Hall–Kier alpha value is -1.64. The number of nitrogens with two attached hydrogens (primary N) is 1. The van der Waals surface area contributed by atoms with Crippen molar-refractivity contribution in [3.05, 3.63) is 0 Å². The number of urea groups is 1. The predicted octanol–water partition coefficient (Wildman–Crippen LogP) is -0.725. The van der Waals surface area contributed by atoms with Crippen molar-refractivity contribution in [2.75, 3.05) is 65.2 Å². The van der Waals surface area contributed by atoms with Gasteiger partial charge in [0.2, 0.25) is 11.8 Å². The molecule has 0 aliphatic carbocycles. The van der Waals surface area contributed by atoms with Crippen molar-refractivity contribution in [2.45, 2.75) is 49.4 Å². The molecule has 13 heteroatoms. The first kappa shape index (κ1) is 28.6. The van der Waals surface area contributed by atoms with Crippen LogP contribution in [0.5, 0.6) is 0 Å². The van der Waals surface area contributed by atoms with E-state index in [1.54, 1.807) is 0 Å². The SMILES string of the molecule is NNC(=O)CCOCCOCCOCCOCCNC(=O)CCCC[C@@H]1SC[C@@H]2NC(=O)N[C@@H]21. The summed E-state index contributed by atoms with van der Waals surface area (Å²) < 4.78 is 21.4. The van der Waals surface area contributed by atoms with Gasteiger partial charge in [-0.2, -0.15) is 11.8 Å². The number of ether oxygens (including phenoxy) is 4. The standard InChI is InChI=1S/C21H39N5O7S/c22-26-19(28)5-7-30-9-11-32-13-14-33-12-10-31-8-6-23-18(27)4-2-1-3-17-20-16(15-34-17)24-21(29)25-20/h16-17,20H,1-15,22H2,(H,23,27)(H,26,28)(H2,24,25,29)/t16-,17-,20-/m0/s1. The summed E-state index contributed by atoms with van der Waals surface area (Å²) in [7, 11) is 0. The number of carbonyl (C=O) groups is 3. The summed E-state index contributed by atoms with van der Waals surface area (Å²) >= 11 is 1.90. The van der Waals surface area contributed by atoms with Gasteiger partial charge in [0.1, 0.15) is 0 Å². The van der Waals surface area contributed by atoms with Gasteiger partial charge >= 0.3 is 6.03 Å². The second-order valence-electron chi connectivity index (χ2n) is 7.98. The highest BCUT2D eigenvalue weighted by Crippen LogP contribution is 2.33. The Morgan fingerprint density at radius 3 is 2.21 bits per heavy atom. The third-order valence-corrected chi connectivity index (χ3v) is 6.91. The van der Waals surface area contributed by atoms with Crippen LogP contribution in [-0.4, -0.2) is 100 Å². The lowest BCUT2D eigenvalue weighted by molar-refractivity contribution is -0.122. The molecule has 4 amide bonds. The van der Waals surface area contributed by atoms with Gasteiger partial charge in [-0.15, -0.1) is 0 Å². The van der Waals surface area contributed by atoms with Crippen LogP contribution in [0, 0.1) is 0 Å². The van der Waals surface area contributed by atoms with E-state index in [-0.39, 0.29) is 36.3 Å². The first-order valence-corrected chi connectivity index (χ1v) is 12.9. The summed E-state index contributed by atoms with van der Waals surface area (Å²) in [5, 5.41) is 9.24. The Kier molecular flexibility index (Phi) is 14.9. The van der Waals surface area contributed by atoms with Crippen molar-refractivity contribution in [1.29, 1.82) is 0 Å². The van der Waals surface area contributed by atoms with Gasteiger partial charge in [-0.1, -0.05) is 6.42 Å². The van der Waals surface area contributed by atoms with Gasteiger partial charge in [-0.05, 0) is 12.8 Å². The Morgan fingerprint density at radius 2 is 1.53 bits per heavy atom. The van der Waals surface area contributed by atoms with Crippen molar-refractivity contribution in [2.24, 2.45) is 5.84 Å². The number of carbonyl (C=O) groups excluding carboxylic acids is 3. The Labute approximate surface area is 205 Å². The number of thioether (sulfide) groups is 1. The van der Waals surface area contributed by atoms with Crippen molar-refractivity contribution in [1.82, 2.24) is 21.4 Å². The number of unbranched alkanes of at least 4 members (excludes halogenated alkanes) is 1. The quantitative estimate of drug-likeness (QED) is 0.0472. The normalized spacial score (nSPS) is 21.1. The Morgan fingerprint density at radius 1 is 0.882 bits per heavy atom. The third kappa shape index (κ3) is 12.2. The van der Waals surface area contributed by atoms with E-state index in [1.165, 1.54) is 0 Å². The van der Waals surface area contributed by atoms with E-state index < -0.39 is 0 Å². The molecule has 2 aliphatic heterocycles. The monoisotopic (exact) mass is 505 g/mol. The summed E-state index contributed by atoms with van der Waals surface area (Å²) in [4.78, 5) is 34.2. The molecule has 2 saturated heterocycles. The average molecular weight is 506 g/mol. The number of amides is 4. The lowest BCUT2D eigenvalue weighted by Gasteiger charge is -2.16. The lowest BCUT2D eigenvalue weighted by Crippen LogP contribution is -2.36. The van der Waals surface area contributed by atoms with Gasteiger partial charge in [0.05, 0.1) is 71.4 Å². The van der Waals surface area contributed by atoms with Gasteiger partial charge in [0.25, 0.3) is 0 Å². The summed E-state index contributed by atoms with van der Waals surface area (Å²) in [6, 6.07) is 0.413. The van der Waals surface area contributed by atoms with Gasteiger partial charge in [-0.25, -0.2) is 10.6 Å². The van der Waals surface area contributed by atoms with E-state index in [0.717, 1.165) is 25.0 Å². The summed E-state index contributed by atoms with van der Waals surface area (Å²) in [6.45, 7) is 3.89. The number of hydrogen-bond donors (Lipinski definition) is 5. The smallest absolute Gasteiger partial charge is 0.315 e. The average Bonchev–Trinajstić information content (AvgIpc) is 3.38. The molecule has 0 aromatic carbocycles. The van der Waals surface area contributed by atoms with Crippen LogP contribution in [-0.2, 0) is 28.5 Å². The Balaban J connectivity index is 1.27. The minimum atomic E-state index is -0.262. The van der Waals surface area contributed by atoms with Crippen molar-refractivity contribution in [3.63, 3.8) is 0 Å². The topological polar surface area (TPSA) is 162 Å². The van der Waals surface area contributed by atoms with E-state index >= 15 is 0 Å². The van der Waals surface area contributed by atoms with E-state index in [2.05, 4.69) is 16.0 Å². The molecule has 2 aliphatic rings. The fourth-order valence-electron chi connectivity index (χ4n) is 3.62. The largest absolute Gasteiger partial charge is 0.379 e. The molecule has 2 heterocycles. The minimum absolute atomic E-state index is 0.0383. The highest BCUT2D eigenvalue weighted by Gasteiger charge is 2.42. The zero-order valence-corrected chi connectivity index (χ0v) is 20.5. The van der Waals surface area contributed by atoms with Gasteiger partial charge in [0.15, 0.2) is 0 Å². The lowest BCUT2D eigenvalue weighted by atomic mass is 10.0. The maximum atomic E-state index is 11.9. The maximum Gasteiger partial charge on any atom is 0.315 e. The van der Waals surface area contributed by atoms with Gasteiger partial charge < -0.3 is 34.9 Å². The van der Waals surface area contributed by atoms with E-state index in [1.807, 2.05) is 17.2 Å². The molecule has 12 nitrogen and oxygen atoms in total. The fourth-order valence-corrected chi connectivity index (χ4v) is 5.17. The van der Waals surface area contributed by atoms with Crippen LogP contribution in [0.25, 0.3) is 0 Å². The molecule has 0 aromatic rings. The van der Waals surface area contributed by atoms with Crippen molar-refractivity contribution in [3.8, 4) is 0 Å². The molecule has 0 saturated carbocycles. The van der Waals surface area contributed by atoms with Crippen LogP contribution in [0.3, 0.4) is 0 Å². The van der Waals surface area contributed by atoms with Gasteiger partial charge in [-0.3, -0.25) is 15.0 Å². The van der Waals surface area contributed by atoms with Crippen molar-refractivity contribution < 1.29 is 33.3 Å². The predicted molar refractivity (Wildman–Crippen MR) is 127 cm³/mol. The molecule has 0 unspecified atom stereocenters. The molecule has 0 aromatic heterocycles. The second-order valence-corrected chi connectivity index (χ2v) is 9.26. The maximum absolute atomic E-state index is 11.9. The summed E-state index contributed by atoms with van der Waals surface area (Å²) in [5.74, 6) is 5.70. The molecule has 6 N–H and O–H groups in total. The third-order valence-electron chi connectivity index (χ3n) is 5.40. The Bertz CT molecular complexity index is 616. The molecule has 0 bridgehead atoms. The molecule has 196 valence electrons. The van der Waals surface area contributed by atoms with Crippen LogP contribution < -0.4 is 27.2 Å². The minimum Gasteiger partial charge on any atom is -0.379 e. The molecule has 3 atom stereocenters. The number of hydrazine groups is 1. The second kappa shape index (κ2) is 17.7. The highest BCUT2D eigenvalue weighted by atomic mass is 32.2. The number of fused-ring (bicyclic) bond motifs is 1. The number of rotatable bonds is 20. The molecule has 34 heavy (non-hydrogen) atoms. The van der Waals surface area contributed by atoms with Crippen molar-refractivity contribution >= 4 is 29.6 Å². The van der Waals surface area contributed by atoms with Gasteiger partial charge in [0, 0.05) is 24.0 Å². The molecule has 0 radical (unpaired) electrons. The first-order chi connectivity index (χ1) is 16.6. The molecular weight excluding hydrogens is 466 g/mol. The van der Waals surface area contributed by atoms with Crippen LogP contribution in [0.4, 0.5) is 4.79 Å². The van der Waals surface area contributed by atoms with Crippen LogP contribution in [0.15, 0.2) is 0 Å². The fraction of sp³-hybridized carbons (Fsp3) is 0.857. The van der Waals surface area contributed by atoms with E-state index in [0.29, 0.717) is 71.1 Å². The van der Waals surface area contributed by atoms with Crippen LogP contribution >= 0.6 is 11.8 Å². The van der Waals surface area contributed by atoms with E-state index in [9.17, 15) is 14.4 Å². The molecule has 2 rings (SSSR count). The number of hydrogen-bond acceptors (Lipinski definition) is 9. The van der Waals surface area contributed by atoms with Crippen LogP contribution in [0.1, 0.15) is 32.1 Å². The molecular formula is C21H39N5O7S. The highest BCUT2D eigenvalue weighted by molar-refractivity contribution is 8.00. The zero-order valence-electron chi connectivity index (χ0n) is 19.7. The zero-order chi connectivity index (χ0) is 24.4. The summed E-state index contributed by atoms with van der Waals surface area (Å²) in [6.07, 6.45) is 3.56. The van der Waals surface area contributed by atoms with Crippen LogP contribution in [0.2, 0.25) is 0 Å². The molecule has 0 spiro atoms. The van der Waals surface area contributed by atoms with E-state index in [4.69, 9.17) is 24.8 Å². The summed E-state index contributed by atoms with van der Waals surface area (Å²) in [5.41, 5.74) is 2.03. The molecule has 2 fully saturated rings.